The summed E-state index contributed by atoms with van der Waals surface area (Å²) in [6.45, 7) is 2.55. The predicted molar refractivity (Wildman–Crippen MR) is 87.9 cm³/mol. The van der Waals surface area contributed by atoms with Gasteiger partial charge in [-0.15, -0.1) is 0 Å². The van der Waals surface area contributed by atoms with Crippen LogP contribution in [0.15, 0.2) is 12.2 Å². The Morgan fingerprint density at radius 1 is 0.800 bits per heavy atom. The van der Waals surface area contributed by atoms with Crippen LogP contribution in [0.2, 0.25) is 0 Å². The molecule has 2 N–H and O–H groups in total. The lowest BCUT2D eigenvalue weighted by Crippen LogP contribution is -2.01. The van der Waals surface area contributed by atoms with Gasteiger partial charge in [-0.05, 0) is 25.7 Å². The van der Waals surface area contributed by atoms with Gasteiger partial charge >= 0.3 is 0 Å². The third-order valence-electron chi connectivity index (χ3n) is 3.74. The van der Waals surface area contributed by atoms with Crippen molar-refractivity contribution in [2.75, 3.05) is 6.61 Å². The molecule has 0 saturated heterocycles. The van der Waals surface area contributed by atoms with Crippen molar-refractivity contribution in [2.24, 2.45) is 0 Å². The molecule has 2 nitrogen and oxygen atoms in total. The molecule has 0 heterocycles. The van der Waals surface area contributed by atoms with E-state index in [1.54, 1.807) is 0 Å². The summed E-state index contributed by atoms with van der Waals surface area (Å²) in [7, 11) is 0. The maximum Gasteiger partial charge on any atom is 0.0720 e. The molecule has 0 aliphatic carbocycles. The minimum Gasteiger partial charge on any atom is -0.396 e. The SMILES string of the molecule is CCCCCCC(O)C=CCCCCCCCCCO. The van der Waals surface area contributed by atoms with Crippen molar-refractivity contribution in [1.82, 2.24) is 0 Å². The van der Waals surface area contributed by atoms with Gasteiger partial charge in [-0.2, -0.15) is 0 Å². The van der Waals surface area contributed by atoms with E-state index in [1.165, 1.54) is 57.8 Å². The first-order valence-corrected chi connectivity index (χ1v) is 8.76. The van der Waals surface area contributed by atoms with Crippen LogP contribution >= 0.6 is 0 Å². The van der Waals surface area contributed by atoms with Gasteiger partial charge in [0, 0.05) is 6.61 Å². The summed E-state index contributed by atoms with van der Waals surface area (Å²) in [4.78, 5) is 0. The molecule has 20 heavy (non-hydrogen) atoms. The molecule has 0 fully saturated rings. The molecule has 0 amide bonds. The second-order valence-corrected chi connectivity index (χ2v) is 5.83. The van der Waals surface area contributed by atoms with Crippen molar-refractivity contribution >= 4 is 0 Å². The summed E-state index contributed by atoms with van der Waals surface area (Å²) in [6.07, 6.45) is 19.4. The first-order valence-electron chi connectivity index (χ1n) is 8.76. The Morgan fingerprint density at radius 3 is 2.05 bits per heavy atom. The summed E-state index contributed by atoms with van der Waals surface area (Å²) in [6, 6.07) is 0. The van der Waals surface area contributed by atoms with E-state index in [4.69, 9.17) is 5.11 Å². The van der Waals surface area contributed by atoms with E-state index in [1.807, 2.05) is 6.08 Å². The van der Waals surface area contributed by atoms with Crippen molar-refractivity contribution in [1.29, 1.82) is 0 Å². The highest BCUT2D eigenvalue weighted by molar-refractivity contribution is 4.88. The minimum absolute atomic E-state index is 0.231. The summed E-state index contributed by atoms with van der Waals surface area (Å²) in [5.41, 5.74) is 0. The first kappa shape index (κ1) is 19.7. The zero-order valence-electron chi connectivity index (χ0n) is 13.5. The molecule has 0 bridgehead atoms. The molecule has 0 aliphatic rings. The third kappa shape index (κ3) is 15.7. The number of aliphatic hydroxyl groups excluding tert-OH is 2. The molecular formula is C18H36O2. The van der Waals surface area contributed by atoms with Gasteiger partial charge in [0.15, 0.2) is 0 Å². The van der Waals surface area contributed by atoms with Gasteiger partial charge < -0.3 is 10.2 Å². The summed E-state index contributed by atoms with van der Waals surface area (Å²) >= 11 is 0. The van der Waals surface area contributed by atoms with Gasteiger partial charge in [0.2, 0.25) is 0 Å². The molecule has 0 aromatic carbocycles. The zero-order chi connectivity index (χ0) is 14.9. The Labute approximate surface area is 126 Å². The fourth-order valence-corrected chi connectivity index (χ4v) is 2.39. The molecule has 120 valence electrons. The Hall–Kier alpha value is -0.340. The molecular weight excluding hydrogens is 248 g/mol. The van der Waals surface area contributed by atoms with Crippen LogP contribution in [-0.2, 0) is 0 Å². The quantitative estimate of drug-likeness (QED) is 0.328. The first-order chi connectivity index (χ1) is 9.81. The van der Waals surface area contributed by atoms with Crippen molar-refractivity contribution in [3.05, 3.63) is 12.2 Å². The second-order valence-electron chi connectivity index (χ2n) is 5.83. The number of rotatable bonds is 15. The predicted octanol–water partition coefficient (Wildman–Crippen LogP) is 4.99. The van der Waals surface area contributed by atoms with E-state index in [9.17, 15) is 5.11 Å². The Bertz CT molecular complexity index is 202. The maximum absolute atomic E-state index is 9.76. The maximum atomic E-state index is 9.76. The number of unbranched alkanes of at least 4 members (excludes halogenated alkanes) is 10. The van der Waals surface area contributed by atoms with Crippen LogP contribution in [0.5, 0.6) is 0 Å². The second kappa shape index (κ2) is 16.7. The van der Waals surface area contributed by atoms with E-state index >= 15 is 0 Å². The van der Waals surface area contributed by atoms with Crippen LogP contribution in [0.4, 0.5) is 0 Å². The van der Waals surface area contributed by atoms with E-state index in [0.717, 1.165) is 25.7 Å². The van der Waals surface area contributed by atoms with Gasteiger partial charge in [-0.1, -0.05) is 76.9 Å². The monoisotopic (exact) mass is 284 g/mol. The fraction of sp³-hybridized carbons (Fsp3) is 0.889. The van der Waals surface area contributed by atoms with E-state index in [0.29, 0.717) is 6.61 Å². The van der Waals surface area contributed by atoms with E-state index in [2.05, 4.69) is 13.0 Å². The third-order valence-corrected chi connectivity index (χ3v) is 3.74. The summed E-state index contributed by atoms with van der Waals surface area (Å²) in [5.74, 6) is 0. The van der Waals surface area contributed by atoms with E-state index < -0.39 is 0 Å². The lowest BCUT2D eigenvalue weighted by atomic mass is 10.1. The van der Waals surface area contributed by atoms with Crippen LogP contribution < -0.4 is 0 Å². The Balaban J connectivity index is 3.21. The van der Waals surface area contributed by atoms with Gasteiger partial charge in [0.05, 0.1) is 6.10 Å². The average molecular weight is 284 g/mol. The smallest absolute Gasteiger partial charge is 0.0720 e. The number of hydrogen-bond acceptors (Lipinski definition) is 2. The standard InChI is InChI=1S/C18H36O2/c1-2-3-4-12-15-18(20)16-13-10-8-6-5-7-9-11-14-17-19/h13,16,18-20H,2-12,14-15,17H2,1H3. The highest BCUT2D eigenvalue weighted by Crippen LogP contribution is 2.10. The van der Waals surface area contributed by atoms with E-state index in [-0.39, 0.29) is 6.10 Å². The topological polar surface area (TPSA) is 40.5 Å². The van der Waals surface area contributed by atoms with Crippen molar-refractivity contribution < 1.29 is 10.2 Å². The lowest BCUT2D eigenvalue weighted by Gasteiger charge is -2.04. The molecule has 0 saturated carbocycles. The zero-order valence-corrected chi connectivity index (χ0v) is 13.5. The largest absolute Gasteiger partial charge is 0.396 e. The highest BCUT2D eigenvalue weighted by Gasteiger charge is 1.98. The fourth-order valence-electron chi connectivity index (χ4n) is 2.39. The molecule has 0 aromatic rings. The van der Waals surface area contributed by atoms with Crippen molar-refractivity contribution in [3.8, 4) is 0 Å². The molecule has 1 atom stereocenters. The molecule has 0 aliphatic heterocycles. The van der Waals surface area contributed by atoms with Crippen molar-refractivity contribution in [3.63, 3.8) is 0 Å². The van der Waals surface area contributed by atoms with Crippen LogP contribution in [0, 0.1) is 0 Å². The Kier molecular flexibility index (Phi) is 16.4. The molecule has 0 radical (unpaired) electrons. The van der Waals surface area contributed by atoms with Crippen LogP contribution in [0.3, 0.4) is 0 Å². The summed E-state index contributed by atoms with van der Waals surface area (Å²) in [5, 5.41) is 18.4. The van der Waals surface area contributed by atoms with Crippen LogP contribution in [0.1, 0.15) is 90.4 Å². The van der Waals surface area contributed by atoms with Crippen LogP contribution in [0.25, 0.3) is 0 Å². The number of allylic oxidation sites excluding steroid dienone is 1. The number of aliphatic hydroxyl groups is 2. The summed E-state index contributed by atoms with van der Waals surface area (Å²) < 4.78 is 0. The average Bonchev–Trinajstić information content (AvgIpc) is 2.45. The van der Waals surface area contributed by atoms with Gasteiger partial charge in [-0.25, -0.2) is 0 Å². The molecule has 0 rings (SSSR count). The van der Waals surface area contributed by atoms with Crippen molar-refractivity contribution in [2.45, 2.75) is 96.5 Å². The molecule has 2 heteroatoms. The molecule has 1 unspecified atom stereocenters. The van der Waals surface area contributed by atoms with Gasteiger partial charge in [0.1, 0.15) is 0 Å². The van der Waals surface area contributed by atoms with Crippen LogP contribution in [-0.4, -0.2) is 22.9 Å². The number of hydrogen-bond donors (Lipinski definition) is 2. The normalized spacial score (nSPS) is 13.2. The van der Waals surface area contributed by atoms with Gasteiger partial charge in [-0.3, -0.25) is 0 Å². The molecule has 0 spiro atoms. The lowest BCUT2D eigenvalue weighted by molar-refractivity contribution is 0.207. The molecule has 0 aromatic heterocycles. The minimum atomic E-state index is -0.231. The Morgan fingerprint density at radius 2 is 1.40 bits per heavy atom. The highest BCUT2D eigenvalue weighted by atomic mass is 16.3. The van der Waals surface area contributed by atoms with Gasteiger partial charge in [0.25, 0.3) is 0 Å².